The smallest absolute Gasteiger partial charge is 0.353 e. The predicted octanol–water partition coefficient (Wildman–Crippen LogP) is 3.10. The molecule has 0 radical (unpaired) electrons. The fourth-order valence-electron chi connectivity index (χ4n) is 2.27. The van der Waals surface area contributed by atoms with Gasteiger partial charge in [-0.3, -0.25) is 4.79 Å². The number of carboxylic acid groups (broad SMARTS) is 1. The van der Waals surface area contributed by atoms with Crippen LogP contribution in [0.2, 0.25) is 0 Å². The van der Waals surface area contributed by atoms with Crippen LogP contribution < -0.4 is 0 Å². The summed E-state index contributed by atoms with van der Waals surface area (Å²) in [4.78, 5) is 26.7. The van der Waals surface area contributed by atoms with Gasteiger partial charge in [-0.2, -0.15) is 0 Å². The Morgan fingerprint density at radius 3 is 2.25 bits per heavy atom. The third-order valence-electron chi connectivity index (χ3n) is 3.18. The van der Waals surface area contributed by atoms with Crippen LogP contribution in [0.15, 0.2) is 54.6 Å². The molecule has 0 bridgehead atoms. The normalized spacial score (nSPS) is 10.6. The summed E-state index contributed by atoms with van der Waals surface area (Å²) in [6.07, 6.45) is 0. The van der Waals surface area contributed by atoms with Crippen LogP contribution in [0.4, 0.5) is 0 Å². The molecule has 0 spiro atoms. The van der Waals surface area contributed by atoms with Gasteiger partial charge in [0.05, 0.1) is 5.56 Å². The molecule has 0 unspecified atom stereocenters. The van der Waals surface area contributed by atoms with E-state index in [0.717, 1.165) is 0 Å². The maximum Gasteiger partial charge on any atom is 0.353 e. The van der Waals surface area contributed by atoms with E-state index in [0.29, 0.717) is 16.5 Å². The van der Waals surface area contributed by atoms with E-state index in [2.05, 4.69) is 4.98 Å². The number of H-pyrrole nitrogens is 1. The van der Waals surface area contributed by atoms with E-state index in [4.69, 9.17) is 0 Å². The molecular weight excluding hydrogens is 254 g/mol. The highest BCUT2D eigenvalue weighted by molar-refractivity contribution is 6.21. The Hall–Kier alpha value is -2.88. The lowest BCUT2D eigenvalue weighted by Gasteiger charge is -2.01. The van der Waals surface area contributed by atoms with Crippen molar-refractivity contribution in [2.45, 2.75) is 0 Å². The molecule has 2 aromatic carbocycles. The van der Waals surface area contributed by atoms with E-state index in [1.54, 1.807) is 48.5 Å². The standard InChI is InChI=1S/C16H11NO3/c18-15(10-6-2-1-3-7-10)13-11-8-4-5-9-12(11)17-14(13)16(19)20/h1-9,17H,(H,19,20). The Bertz CT molecular complexity index is 803. The first-order chi connectivity index (χ1) is 9.68. The molecule has 0 aliphatic carbocycles. The number of carboxylic acids is 1. The lowest BCUT2D eigenvalue weighted by molar-refractivity contribution is 0.0687. The zero-order valence-electron chi connectivity index (χ0n) is 10.5. The van der Waals surface area contributed by atoms with Gasteiger partial charge in [0.2, 0.25) is 0 Å². The number of carbonyl (C=O) groups excluding carboxylic acids is 1. The number of fused-ring (bicyclic) bond motifs is 1. The van der Waals surface area contributed by atoms with Gasteiger partial charge in [0, 0.05) is 16.5 Å². The average Bonchev–Trinajstić information content (AvgIpc) is 2.87. The van der Waals surface area contributed by atoms with Gasteiger partial charge in [-0.1, -0.05) is 48.5 Å². The molecular formula is C16H11NO3. The summed E-state index contributed by atoms with van der Waals surface area (Å²) in [7, 11) is 0. The molecule has 3 rings (SSSR count). The molecule has 4 heteroatoms. The maximum atomic E-state index is 12.6. The molecule has 2 N–H and O–H groups in total. The summed E-state index contributed by atoms with van der Waals surface area (Å²) in [5.74, 6) is -1.43. The van der Waals surface area contributed by atoms with Crippen LogP contribution in [0.1, 0.15) is 26.4 Å². The average molecular weight is 265 g/mol. The summed E-state index contributed by atoms with van der Waals surface area (Å²) in [6.45, 7) is 0. The number of ketones is 1. The molecule has 0 fully saturated rings. The highest BCUT2D eigenvalue weighted by Crippen LogP contribution is 2.25. The zero-order valence-corrected chi connectivity index (χ0v) is 10.5. The number of para-hydroxylation sites is 1. The first-order valence-electron chi connectivity index (χ1n) is 6.12. The van der Waals surface area contributed by atoms with Crippen molar-refractivity contribution in [3.05, 3.63) is 71.4 Å². The monoisotopic (exact) mass is 265 g/mol. The van der Waals surface area contributed by atoms with Gasteiger partial charge in [-0.25, -0.2) is 4.79 Å². The summed E-state index contributed by atoms with van der Waals surface area (Å²) in [5.41, 5.74) is 1.25. The largest absolute Gasteiger partial charge is 0.477 e. The SMILES string of the molecule is O=C(O)c1[nH]c2ccccc2c1C(=O)c1ccccc1. The minimum atomic E-state index is -1.14. The predicted molar refractivity (Wildman–Crippen MR) is 75.1 cm³/mol. The third-order valence-corrected chi connectivity index (χ3v) is 3.18. The van der Waals surface area contributed by atoms with Crippen LogP contribution in [0.3, 0.4) is 0 Å². The van der Waals surface area contributed by atoms with E-state index in [-0.39, 0.29) is 17.0 Å². The van der Waals surface area contributed by atoms with Gasteiger partial charge in [-0.05, 0) is 6.07 Å². The van der Waals surface area contributed by atoms with Crippen LogP contribution in [0, 0.1) is 0 Å². The Labute approximate surface area is 114 Å². The van der Waals surface area contributed by atoms with Crippen LogP contribution in [0.25, 0.3) is 10.9 Å². The number of benzene rings is 2. The zero-order chi connectivity index (χ0) is 14.1. The highest BCUT2D eigenvalue weighted by Gasteiger charge is 2.23. The minimum Gasteiger partial charge on any atom is -0.477 e. The van der Waals surface area contributed by atoms with E-state index in [1.165, 1.54) is 0 Å². The number of rotatable bonds is 3. The Balaban J connectivity index is 2.27. The van der Waals surface area contributed by atoms with Gasteiger partial charge >= 0.3 is 5.97 Å². The first-order valence-corrected chi connectivity index (χ1v) is 6.12. The number of nitrogens with one attached hydrogen (secondary N) is 1. The summed E-state index contributed by atoms with van der Waals surface area (Å²) in [5, 5.41) is 9.90. The number of aromatic carboxylic acids is 1. The second-order valence-electron chi connectivity index (χ2n) is 4.42. The molecule has 0 saturated carbocycles. The number of hydrogen-bond donors (Lipinski definition) is 2. The van der Waals surface area contributed by atoms with E-state index < -0.39 is 5.97 Å². The molecule has 3 aromatic rings. The molecule has 0 aliphatic rings. The van der Waals surface area contributed by atoms with Gasteiger partial charge in [0.25, 0.3) is 0 Å². The number of aromatic amines is 1. The molecule has 0 aliphatic heterocycles. The van der Waals surface area contributed by atoms with Crippen LogP contribution in [-0.2, 0) is 0 Å². The fourth-order valence-corrected chi connectivity index (χ4v) is 2.27. The molecule has 1 heterocycles. The highest BCUT2D eigenvalue weighted by atomic mass is 16.4. The molecule has 4 nitrogen and oxygen atoms in total. The van der Waals surface area contributed by atoms with Crippen molar-refractivity contribution < 1.29 is 14.7 Å². The van der Waals surface area contributed by atoms with Gasteiger partial charge in [-0.15, -0.1) is 0 Å². The van der Waals surface area contributed by atoms with Gasteiger partial charge < -0.3 is 10.1 Å². The summed E-state index contributed by atoms with van der Waals surface area (Å²) < 4.78 is 0. The van der Waals surface area contributed by atoms with Gasteiger partial charge in [0.1, 0.15) is 5.69 Å². The topological polar surface area (TPSA) is 70.2 Å². The number of aromatic nitrogens is 1. The summed E-state index contributed by atoms with van der Waals surface area (Å²) in [6, 6.07) is 15.7. The second-order valence-corrected chi connectivity index (χ2v) is 4.42. The van der Waals surface area contributed by atoms with E-state index in [9.17, 15) is 14.7 Å². The molecule has 20 heavy (non-hydrogen) atoms. The van der Waals surface area contributed by atoms with E-state index in [1.807, 2.05) is 6.07 Å². The second kappa shape index (κ2) is 4.66. The number of hydrogen-bond acceptors (Lipinski definition) is 2. The maximum absolute atomic E-state index is 12.6. The minimum absolute atomic E-state index is 0.0694. The molecule has 0 saturated heterocycles. The van der Waals surface area contributed by atoms with Crippen molar-refractivity contribution in [2.24, 2.45) is 0 Å². The molecule has 1 aromatic heterocycles. The molecule has 0 amide bonds. The first kappa shape index (κ1) is 12.2. The Morgan fingerprint density at radius 1 is 0.900 bits per heavy atom. The molecule has 0 atom stereocenters. The van der Waals surface area contributed by atoms with Crippen molar-refractivity contribution in [3.8, 4) is 0 Å². The van der Waals surface area contributed by atoms with Crippen molar-refractivity contribution in [2.75, 3.05) is 0 Å². The van der Waals surface area contributed by atoms with Crippen molar-refractivity contribution in [1.82, 2.24) is 4.98 Å². The number of carbonyl (C=O) groups is 2. The van der Waals surface area contributed by atoms with Crippen LogP contribution in [-0.4, -0.2) is 21.8 Å². The third kappa shape index (κ3) is 1.87. The summed E-state index contributed by atoms with van der Waals surface area (Å²) >= 11 is 0. The van der Waals surface area contributed by atoms with Crippen LogP contribution in [0.5, 0.6) is 0 Å². The van der Waals surface area contributed by atoms with E-state index >= 15 is 0 Å². The molecule has 98 valence electrons. The quantitative estimate of drug-likeness (QED) is 0.715. The van der Waals surface area contributed by atoms with Crippen molar-refractivity contribution >= 4 is 22.7 Å². The van der Waals surface area contributed by atoms with Gasteiger partial charge in [0.15, 0.2) is 5.78 Å². The Kier molecular flexibility index (Phi) is 2.84. The Morgan fingerprint density at radius 2 is 1.55 bits per heavy atom. The van der Waals surface area contributed by atoms with Crippen molar-refractivity contribution in [1.29, 1.82) is 0 Å². The lowest BCUT2D eigenvalue weighted by atomic mass is 10.0. The lowest BCUT2D eigenvalue weighted by Crippen LogP contribution is -2.08. The van der Waals surface area contributed by atoms with Crippen LogP contribution >= 0.6 is 0 Å². The van der Waals surface area contributed by atoms with Crippen molar-refractivity contribution in [3.63, 3.8) is 0 Å². The fraction of sp³-hybridized carbons (Fsp3) is 0.